The fraction of sp³-hybridized carbons (Fsp3) is 0.630. The van der Waals surface area contributed by atoms with Gasteiger partial charge in [-0.05, 0) is 74.4 Å². The number of rotatable bonds is 12. The molecule has 5 saturated heterocycles. The number of hydrogen-bond acceptors (Lipinski definition) is 10. The molecule has 0 aliphatic carbocycles. The van der Waals surface area contributed by atoms with Gasteiger partial charge in [-0.25, -0.2) is 0 Å². The lowest BCUT2D eigenvalue weighted by molar-refractivity contribution is -0.278. The molecule has 0 spiro atoms. The Hall–Kier alpha value is -2.94. The van der Waals surface area contributed by atoms with E-state index in [0.717, 1.165) is 29.5 Å². The van der Waals surface area contributed by atoms with Crippen LogP contribution in [-0.4, -0.2) is 93.5 Å². The average molecular weight is 913 g/mol. The molecule has 0 bridgehead atoms. The second kappa shape index (κ2) is 20.3. The van der Waals surface area contributed by atoms with Crippen LogP contribution in [0.25, 0.3) is 0 Å². The van der Waals surface area contributed by atoms with Gasteiger partial charge in [0.05, 0.1) is 75.3 Å². The molecule has 11 heteroatoms. The molecule has 0 radical (unpaired) electrons. The normalized spacial score (nSPS) is 35.3. The maximum Gasteiger partial charge on any atom is 0.193 e. The van der Waals surface area contributed by atoms with Gasteiger partial charge in [0.25, 0.3) is 0 Å². The Kier molecular flexibility index (Phi) is 15.2. The molecule has 356 valence electrons. The van der Waals surface area contributed by atoms with E-state index in [0.29, 0.717) is 63.8 Å². The standard InChI is InChI=1S/C54H76O10Si/c1-36-26-41(64-65(9,10)52(3,4)5)37(2)58-45-31-51-54(8,63-46(45)27-36)50(57-34-40-24-18-13-19-25-40)30-44-43(60-51)29-48-47(61-53(6,7)62-48)28-42(56-33-39-22-16-12-17-23-39)49(59-44)35-55-32-38-20-14-11-15-21-38/h11-25,36,41-51H,2,26-35H2,1,3-10H3/t36-,41+,42-,43+,44-,45+,46-,47+,48-,49+,50-,51-,54+/m1/s1. The van der Waals surface area contributed by atoms with Crippen molar-refractivity contribution in [3.8, 4) is 0 Å². The highest BCUT2D eigenvalue weighted by atomic mass is 28.4. The molecule has 10 nitrogen and oxygen atoms in total. The summed E-state index contributed by atoms with van der Waals surface area (Å²) in [5, 5.41) is 0.0541. The van der Waals surface area contributed by atoms with Crippen molar-refractivity contribution in [2.45, 2.75) is 203 Å². The van der Waals surface area contributed by atoms with E-state index in [1.807, 2.05) is 56.3 Å². The minimum Gasteiger partial charge on any atom is -0.490 e. The van der Waals surface area contributed by atoms with Crippen molar-refractivity contribution in [3.05, 3.63) is 120 Å². The van der Waals surface area contributed by atoms with E-state index >= 15 is 0 Å². The molecule has 5 heterocycles. The Morgan fingerprint density at radius 1 is 0.631 bits per heavy atom. The zero-order chi connectivity index (χ0) is 46.0. The summed E-state index contributed by atoms with van der Waals surface area (Å²) in [5.41, 5.74) is 2.43. The molecule has 5 fully saturated rings. The van der Waals surface area contributed by atoms with Crippen LogP contribution in [0.4, 0.5) is 0 Å². The van der Waals surface area contributed by atoms with Crippen LogP contribution in [-0.2, 0) is 66.9 Å². The maximum atomic E-state index is 7.51. The van der Waals surface area contributed by atoms with E-state index in [-0.39, 0.29) is 41.7 Å². The van der Waals surface area contributed by atoms with Gasteiger partial charge in [-0.15, -0.1) is 0 Å². The van der Waals surface area contributed by atoms with Gasteiger partial charge >= 0.3 is 0 Å². The third kappa shape index (κ3) is 11.8. The molecule has 0 amide bonds. The minimum absolute atomic E-state index is 0.0541. The molecule has 0 aromatic heterocycles. The Bertz CT molecular complexity index is 1970. The van der Waals surface area contributed by atoms with Crippen molar-refractivity contribution >= 4 is 8.32 Å². The van der Waals surface area contributed by atoms with Gasteiger partial charge in [-0.1, -0.05) is 125 Å². The van der Waals surface area contributed by atoms with Gasteiger partial charge in [0, 0.05) is 25.7 Å². The van der Waals surface area contributed by atoms with Crippen LogP contribution >= 0.6 is 0 Å². The van der Waals surface area contributed by atoms with Crippen molar-refractivity contribution in [1.82, 2.24) is 0 Å². The Labute approximate surface area is 390 Å². The second-order valence-electron chi connectivity index (χ2n) is 21.6. The molecule has 8 rings (SSSR count). The number of hydrogen-bond donors (Lipinski definition) is 0. The van der Waals surface area contributed by atoms with Crippen LogP contribution in [0.2, 0.25) is 18.1 Å². The van der Waals surface area contributed by atoms with Gasteiger partial charge in [-0.3, -0.25) is 0 Å². The van der Waals surface area contributed by atoms with Crippen molar-refractivity contribution in [2.75, 3.05) is 6.61 Å². The summed E-state index contributed by atoms with van der Waals surface area (Å²) in [6.45, 7) is 26.0. The first-order valence-electron chi connectivity index (χ1n) is 24.2. The number of ether oxygens (including phenoxy) is 9. The number of benzene rings is 3. The van der Waals surface area contributed by atoms with Crippen molar-refractivity contribution < 1.29 is 47.1 Å². The summed E-state index contributed by atoms with van der Waals surface area (Å²) in [5.74, 6) is 0.196. The van der Waals surface area contributed by atoms with Crippen molar-refractivity contribution in [2.24, 2.45) is 5.92 Å². The van der Waals surface area contributed by atoms with Crippen LogP contribution in [0, 0.1) is 5.92 Å². The summed E-state index contributed by atoms with van der Waals surface area (Å²) >= 11 is 0. The Balaban J connectivity index is 1.13. The zero-order valence-electron chi connectivity index (χ0n) is 40.4. The highest BCUT2D eigenvalue weighted by molar-refractivity contribution is 6.74. The highest BCUT2D eigenvalue weighted by Crippen LogP contribution is 2.48. The first kappa shape index (κ1) is 48.5. The fourth-order valence-electron chi connectivity index (χ4n) is 10.2. The summed E-state index contributed by atoms with van der Waals surface area (Å²) in [4.78, 5) is 0. The van der Waals surface area contributed by atoms with Crippen LogP contribution in [0.5, 0.6) is 0 Å². The van der Waals surface area contributed by atoms with Gasteiger partial charge in [0.1, 0.15) is 29.7 Å². The molecule has 0 unspecified atom stereocenters. The molecule has 5 aliphatic heterocycles. The van der Waals surface area contributed by atoms with E-state index in [2.05, 4.69) is 103 Å². The van der Waals surface area contributed by atoms with Crippen LogP contribution in [0.3, 0.4) is 0 Å². The molecule has 3 aromatic carbocycles. The topological polar surface area (TPSA) is 92.3 Å². The summed E-state index contributed by atoms with van der Waals surface area (Å²) in [6, 6.07) is 30.9. The molecule has 3 aromatic rings. The van der Waals surface area contributed by atoms with Crippen LogP contribution < -0.4 is 0 Å². The van der Waals surface area contributed by atoms with E-state index in [4.69, 9.17) is 47.1 Å². The molecule has 0 N–H and O–H groups in total. The molecule has 0 saturated carbocycles. The lowest BCUT2D eigenvalue weighted by atomic mass is 9.80. The van der Waals surface area contributed by atoms with E-state index in [9.17, 15) is 0 Å². The smallest absolute Gasteiger partial charge is 0.193 e. The lowest BCUT2D eigenvalue weighted by Gasteiger charge is -2.51. The first-order valence-corrected chi connectivity index (χ1v) is 27.2. The molecule has 65 heavy (non-hydrogen) atoms. The summed E-state index contributed by atoms with van der Waals surface area (Å²) in [7, 11) is -2.12. The monoisotopic (exact) mass is 913 g/mol. The van der Waals surface area contributed by atoms with E-state index < -0.39 is 50.2 Å². The molecule has 5 aliphatic rings. The largest absolute Gasteiger partial charge is 0.490 e. The first-order chi connectivity index (χ1) is 30.9. The van der Waals surface area contributed by atoms with Crippen LogP contribution in [0.1, 0.15) is 104 Å². The molecular weight excluding hydrogens is 837 g/mol. The molecule has 13 atom stereocenters. The van der Waals surface area contributed by atoms with Gasteiger partial charge in [-0.2, -0.15) is 0 Å². The van der Waals surface area contributed by atoms with Gasteiger partial charge in [0.15, 0.2) is 14.1 Å². The number of fused-ring (bicyclic) bond motifs is 4. The summed E-state index contributed by atoms with van der Waals surface area (Å²) < 4.78 is 70.4. The third-order valence-corrected chi connectivity index (χ3v) is 19.4. The Morgan fingerprint density at radius 3 is 1.80 bits per heavy atom. The second-order valence-corrected chi connectivity index (χ2v) is 26.3. The quantitative estimate of drug-likeness (QED) is 0.164. The average Bonchev–Trinajstić information content (AvgIpc) is 3.51. The lowest BCUT2D eigenvalue weighted by Crippen LogP contribution is -2.62. The SMILES string of the molecule is C=C1O[C@H]2C[C@H]3O[C@H]4C[C@H]5OC(C)(C)O[C@H]5C[C@@H](OCc5ccccc5)[C@H](COCc5ccccc5)O[C@@H]4C[C@@H](OCc4ccccc4)[C@]3(C)O[C@@H]2C[C@H](C)C[C@@H]1O[Si](C)(C)C(C)(C)C. The highest BCUT2D eigenvalue weighted by Gasteiger charge is 2.59. The predicted octanol–water partition coefficient (Wildman–Crippen LogP) is 10.9. The van der Waals surface area contributed by atoms with Crippen molar-refractivity contribution in [3.63, 3.8) is 0 Å². The Morgan fingerprint density at radius 2 is 1.18 bits per heavy atom. The van der Waals surface area contributed by atoms with E-state index in [1.54, 1.807) is 0 Å². The van der Waals surface area contributed by atoms with Crippen molar-refractivity contribution in [1.29, 1.82) is 0 Å². The van der Waals surface area contributed by atoms with Gasteiger partial charge < -0.3 is 47.1 Å². The summed E-state index contributed by atoms with van der Waals surface area (Å²) in [6.07, 6.45) is 0.182. The van der Waals surface area contributed by atoms with E-state index in [1.165, 1.54) is 0 Å². The fourth-order valence-corrected chi connectivity index (χ4v) is 11.5. The molecular formula is C54H76O10Si. The third-order valence-electron chi connectivity index (χ3n) is 14.9. The zero-order valence-corrected chi connectivity index (χ0v) is 41.4. The van der Waals surface area contributed by atoms with Gasteiger partial charge in [0.2, 0.25) is 0 Å². The minimum atomic E-state index is -2.12. The van der Waals surface area contributed by atoms with Crippen LogP contribution in [0.15, 0.2) is 103 Å². The predicted molar refractivity (Wildman–Crippen MR) is 254 cm³/mol. The maximum absolute atomic E-state index is 7.51.